The van der Waals surface area contributed by atoms with Gasteiger partial charge in [0.1, 0.15) is 0 Å². The van der Waals surface area contributed by atoms with Gasteiger partial charge in [0.2, 0.25) is 0 Å². The van der Waals surface area contributed by atoms with E-state index in [1.54, 1.807) is 56.7 Å². The average Bonchev–Trinajstić information content (AvgIpc) is 1.55. The zero-order valence-corrected chi connectivity index (χ0v) is 95.5. The Morgan fingerprint density at radius 3 is 0.693 bits per heavy atom. The highest BCUT2D eigenvalue weighted by atomic mass is 79.9. The third kappa shape index (κ3) is 33.0. The van der Waals surface area contributed by atoms with Crippen molar-refractivity contribution >= 4 is 170 Å². The summed E-state index contributed by atoms with van der Waals surface area (Å²) >= 11 is 16.8. The summed E-state index contributed by atoms with van der Waals surface area (Å²) in [6.07, 6.45) is 58.7. The predicted molar refractivity (Wildman–Crippen MR) is 603 cm³/mol. The minimum absolute atomic E-state index is 0. The molecular weight excluding hydrogens is 1940 g/mol. The van der Waals surface area contributed by atoms with Crippen molar-refractivity contribution in [2.45, 2.75) is 463 Å². The number of hydrogen-bond donors (Lipinski definition) is 0. The second kappa shape index (κ2) is 58.9. The Hall–Kier alpha value is -4.03. The van der Waals surface area contributed by atoms with Gasteiger partial charge in [0.25, 0.3) is 23.6 Å². The molecule has 0 aromatic carbocycles. The number of halogens is 2. The molecule has 4 unspecified atom stereocenters. The molecule has 6 aromatic rings. The topological polar surface area (TPSA) is 118 Å². The molecule has 2 saturated heterocycles. The molecule has 6 aromatic heterocycles. The van der Waals surface area contributed by atoms with Crippen LogP contribution in [0.25, 0.3) is 32.5 Å². The first-order chi connectivity index (χ1) is 65.5. The predicted octanol–water partition coefficient (Wildman–Crippen LogP) is 35.4. The molecule has 22 heteroatoms. The lowest BCUT2D eigenvalue weighted by molar-refractivity contribution is -0.124. The maximum Gasteiger partial charge on any atom is 0.505 e. The van der Waals surface area contributed by atoms with Gasteiger partial charge in [0.15, 0.2) is 0 Å². The molecule has 0 aliphatic carbocycles. The van der Waals surface area contributed by atoms with Gasteiger partial charge < -0.3 is 38.2 Å². The molecule has 4 amide bonds. The van der Waals surface area contributed by atoms with Gasteiger partial charge in [0, 0.05) is 55.2 Å². The van der Waals surface area contributed by atoms with Crippen LogP contribution in [-0.4, -0.2) is 106 Å². The van der Waals surface area contributed by atoms with Crippen LogP contribution in [0.2, 0.25) is 0 Å². The molecule has 0 N–H and O–H groups in total. The third-order valence-corrected chi connectivity index (χ3v) is 37.6. The zero-order valence-electron chi connectivity index (χ0n) is 87.4. The number of hydrogen-bond acceptors (Lipinski definition) is 14. The number of nitrogens with zero attached hydrogens (tertiary/aromatic N) is 4. The van der Waals surface area contributed by atoms with Crippen LogP contribution in [0.3, 0.4) is 0 Å². The Labute approximate surface area is 874 Å². The van der Waals surface area contributed by atoms with Crippen molar-refractivity contribution in [1.82, 2.24) is 19.6 Å². The normalized spacial score (nSPS) is 17.5. The SMILES string of the molecule is Brc1ccc(Br)s1.C.CCCCCCCCC(CCCCCC)CN1C(=O)C2=C(c3ccc(-c4ccc(C)s4)s3)N(CC(CCCCCC)CCCCCCCC)C(=O)C2=C1c1ccc(C)s1.CCCCCCCCC(CCCCCC)CN1C(=O)C2=C(c3ccc(B4OC(C)(C)C(C)(C)O4)s3)N(CC(CCCCCC)CCCCCCCC)C(=O)C2=C1c1ccc(B2OC(C)(C)C(C)(C)O2)s1. The van der Waals surface area contributed by atoms with E-state index in [9.17, 15) is 0 Å². The lowest BCUT2D eigenvalue weighted by Gasteiger charge is -2.32. The number of carbonyl (C=O) groups is 4. The van der Waals surface area contributed by atoms with Gasteiger partial charge in [-0.3, -0.25) is 19.2 Å². The van der Waals surface area contributed by atoms with Crippen molar-refractivity contribution in [3.8, 4) is 9.75 Å². The van der Waals surface area contributed by atoms with E-state index in [0.717, 1.165) is 129 Å². The fraction of sp³-hybridized carbons (Fsp3) is 0.687. The van der Waals surface area contributed by atoms with Crippen LogP contribution in [0.1, 0.15) is 456 Å². The molecule has 12 nitrogen and oxygen atoms in total. The molecule has 6 aliphatic heterocycles. The van der Waals surface area contributed by atoms with E-state index in [2.05, 4.69) is 227 Å². The Morgan fingerprint density at radius 2 is 0.460 bits per heavy atom. The Balaban J connectivity index is 0.000000287. The lowest BCUT2D eigenvalue weighted by atomic mass is 9.88. The van der Waals surface area contributed by atoms with E-state index in [1.807, 2.05) is 33.3 Å². The fourth-order valence-electron chi connectivity index (χ4n) is 20.3. The molecule has 0 spiro atoms. The standard InChI is InChI=1S/C58H94B2N2O6S2.C52H78N2O2S3.C4H2Br2S.CH4/c1-13-17-21-25-27-31-35-43(33-29-23-19-15-3)41-61-51(45-37-39-47(69-45)59-65-55(5,6)56(7,8)66-59)49-50(53(61)63)52(46-38-40-48(70-46)60-67-57(9,10)58(11,12)68-60)62(54(49)64)42-44(34-30-24-20-16-4)36-32-28-26-22-18-14-2;1-7-11-15-19-21-25-29-41(27-23-17-13-9-3)37-53-49(45-34-32-40(6)58-45)47-48(52(53)56)50(46-36-35-44(59-46)43-33-31-39(5)57-43)54(51(47)55)38-42(28-24-18-14-10-4)30-26-22-20-16-12-8-2;5-3-1-2-4(6)7-3;/h37-40,43-44H,13-36,41-42H2,1-12H3;31-36,41-42H,7-30,37-38H2,1-6H3;1-2H;1H4. The van der Waals surface area contributed by atoms with Crippen LogP contribution in [-0.2, 0) is 37.8 Å². The second-order valence-electron chi connectivity index (χ2n) is 42.3. The van der Waals surface area contributed by atoms with Gasteiger partial charge in [0.05, 0.1) is 94.6 Å². The monoisotopic (exact) mass is 2120 g/mol. The van der Waals surface area contributed by atoms with Crippen molar-refractivity contribution in [2.75, 3.05) is 26.2 Å². The summed E-state index contributed by atoms with van der Waals surface area (Å²) in [5.41, 5.74) is 3.83. The number of thiophene rings is 6. The highest BCUT2D eigenvalue weighted by Crippen LogP contribution is 2.54. The maximum atomic E-state index is 15.9. The summed E-state index contributed by atoms with van der Waals surface area (Å²) in [4.78, 5) is 79.7. The number of unbranched alkanes of at least 4 members (excludes halogenated alkanes) is 32. The molecule has 762 valence electrons. The Kier molecular flexibility index (Phi) is 50.1. The van der Waals surface area contributed by atoms with Gasteiger partial charge in [-0.2, -0.15) is 0 Å². The molecule has 0 saturated carbocycles. The van der Waals surface area contributed by atoms with E-state index >= 15 is 19.2 Å². The first-order valence-electron chi connectivity index (χ1n) is 54.3. The quantitative estimate of drug-likeness (QED) is 0.0274. The van der Waals surface area contributed by atoms with Crippen LogP contribution in [0.15, 0.2) is 103 Å². The van der Waals surface area contributed by atoms with Gasteiger partial charge in [-0.1, -0.05) is 332 Å². The lowest BCUT2D eigenvalue weighted by Crippen LogP contribution is -2.41. The van der Waals surface area contributed by atoms with Crippen molar-refractivity contribution in [2.24, 2.45) is 23.7 Å². The molecule has 6 aliphatic rings. The minimum Gasteiger partial charge on any atom is -0.399 e. The molecule has 2 fully saturated rings. The van der Waals surface area contributed by atoms with E-state index in [1.165, 1.54) is 258 Å². The summed E-state index contributed by atoms with van der Waals surface area (Å²) in [5.74, 6) is 1.53. The highest BCUT2D eigenvalue weighted by molar-refractivity contribution is 9.12. The van der Waals surface area contributed by atoms with Gasteiger partial charge in [-0.15, -0.1) is 68.0 Å². The summed E-state index contributed by atoms with van der Waals surface area (Å²) in [7, 11) is -1.06. The Bertz CT molecular complexity index is 4590. The first-order valence-corrected chi connectivity index (χ1v) is 60.8. The van der Waals surface area contributed by atoms with Crippen LogP contribution in [0.5, 0.6) is 0 Å². The number of fused-ring (bicyclic) bond motifs is 2. The van der Waals surface area contributed by atoms with Crippen LogP contribution in [0.4, 0.5) is 0 Å². The number of carbonyl (C=O) groups excluding carboxylic acids is 4. The second-order valence-corrected chi connectivity index (χ2v) is 52.0. The number of amides is 4. The van der Waals surface area contributed by atoms with Crippen molar-refractivity contribution in [3.05, 3.63) is 132 Å². The molecule has 0 radical (unpaired) electrons. The minimum atomic E-state index is -0.532. The average molecular weight is 2120 g/mol. The van der Waals surface area contributed by atoms with E-state index < -0.39 is 36.6 Å². The van der Waals surface area contributed by atoms with Crippen LogP contribution >= 0.6 is 99.9 Å². The van der Waals surface area contributed by atoms with Gasteiger partial charge in [-0.05, 0) is 237 Å². The fourth-order valence-corrected chi connectivity index (χ4v) is 27.7. The summed E-state index contributed by atoms with van der Waals surface area (Å²) in [6.45, 7) is 41.8. The summed E-state index contributed by atoms with van der Waals surface area (Å²) in [5, 5.41) is 0. The molecule has 0 bridgehead atoms. The smallest absolute Gasteiger partial charge is 0.399 e. The first kappa shape index (κ1) is 117. The van der Waals surface area contributed by atoms with E-state index in [0.29, 0.717) is 72.1 Å². The maximum absolute atomic E-state index is 15.9. The zero-order chi connectivity index (χ0) is 98.0. The van der Waals surface area contributed by atoms with E-state index in [-0.39, 0.29) is 31.1 Å². The third-order valence-electron chi connectivity index (χ3n) is 29.9. The molecule has 12 rings (SSSR count). The van der Waals surface area contributed by atoms with Gasteiger partial charge >= 0.3 is 14.2 Å². The van der Waals surface area contributed by atoms with Crippen molar-refractivity contribution < 1.29 is 37.8 Å². The van der Waals surface area contributed by atoms with Crippen LogP contribution < -0.4 is 9.55 Å². The Morgan fingerprint density at radius 1 is 0.263 bits per heavy atom. The molecule has 12 heterocycles. The van der Waals surface area contributed by atoms with Crippen molar-refractivity contribution in [3.63, 3.8) is 0 Å². The van der Waals surface area contributed by atoms with Crippen LogP contribution in [0, 0.1) is 37.5 Å². The summed E-state index contributed by atoms with van der Waals surface area (Å²) < 4.78 is 30.6. The molecule has 137 heavy (non-hydrogen) atoms. The highest BCUT2D eigenvalue weighted by Gasteiger charge is 2.57. The van der Waals surface area contributed by atoms with Gasteiger partial charge in [-0.25, -0.2) is 0 Å². The van der Waals surface area contributed by atoms with Crippen molar-refractivity contribution in [1.29, 1.82) is 0 Å². The molecule has 4 atom stereocenters. The number of rotatable bonds is 63. The summed E-state index contributed by atoms with van der Waals surface area (Å²) in [6, 6.07) is 25.6. The van der Waals surface area contributed by atoms with E-state index in [4.69, 9.17) is 18.6 Å². The molecular formula is C115H178B2Br2N4O8S6. The largest absolute Gasteiger partial charge is 0.505 e. The number of aryl methyl sites for hydroxylation is 2.